The molecule has 3 nitrogen and oxygen atoms in total. The Hall–Kier alpha value is -1.87. The number of benzene rings is 2. The van der Waals surface area contributed by atoms with E-state index in [0.717, 1.165) is 32.0 Å². The van der Waals surface area contributed by atoms with Crippen molar-refractivity contribution in [2.75, 3.05) is 26.7 Å². The Kier molecular flexibility index (Phi) is 4.76. The first kappa shape index (κ1) is 16.6. The first-order valence-electron chi connectivity index (χ1n) is 9.69. The van der Waals surface area contributed by atoms with E-state index in [9.17, 15) is 4.79 Å². The number of hydrogen-bond acceptors (Lipinski definition) is 2. The van der Waals surface area contributed by atoms with Gasteiger partial charge in [-0.2, -0.15) is 0 Å². The van der Waals surface area contributed by atoms with Gasteiger partial charge in [-0.1, -0.05) is 42.5 Å². The molecule has 2 atom stereocenters. The zero-order valence-corrected chi connectivity index (χ0v) is 15.1. The molecule has 1 saturated carbocycles. The zero-order valence-electron chi connectivity index (χ0n) is 15.1. The van der Waals surface area contributed by atoms with E-state index in [1.165, 1.54) is 35.6 Å². The number of carbonyl (C=O) groups excluding carboxylic acids is 1. The zero-order chi connectivity index (χ0) is 17.2. The second kappa shape index (κ2) is 7.17. The highest BCUT2D eigenvalue weighted by molar-refractivity contribution is 5.89. The molecule has 2 fully saturated rings. The Balaban J connectivity index is 1.39. The van der Waals surface area contributed by atoms with E-state index >= 15 is 0 Å². The lowest BCUT2D eigenvalue weighted by Crippen LogP contribution is -2.40. The van der Waals surface area contributed by atoms with Crippen molar-refractivity contribution in [1.82, 2.24) is 10.2 Å². The molecule has 1 N–H and O–H groups in total. The van der Waals surface area contributed by atoms with Gasteiger partial charge in [-0.3, -0.25) is 4.79 Å². The Morgan fingerprint density at radius 3 is 2.68 bits per heavy atom. The van der Waals surface area contributed by atoms with Crippen LogP contribution < -0.4 is 5.32 Å². The second-order valence-corrected chi connectivity index (χ2v) is 7.68. The number of likely N-dealkylation sites (tertiary alicyclic amines) is 1. The average Bonchev–Trinajstić information content (AvgIpc) is 3.46. The lowest BCUT2D eigenvalue weighted by Gasteiger charge is -2.32. The summed E-state index contributed by atoms with van der Waals surface area (Å²) in [5.41, 5.74) is 1.36. The molecule has 2 aromatic rings. The minimum absolute atomic E-state index is 0.208. The molecule has 0 aromatic heterocycles. The monoisotopic (exact) mass is 336 g/mol. The Morgan fingerprint density at radius 2 is 1.88 bits per heavy atom. The van der Waals surface area contributed by atoms with Gasteiger partial charge in [0.05, 0.1) is 0 Å². The van der Waals surface area contributed by atoms with Crippen LogP contribution in [0.1, 0.15) is 37.2 Å². The lowest BCUT2D eigenvalue weighted by atomic mass is 9.93. The maximum absolute atomic E-state index is 12.9. The Labute approximate surface area is 150 Å². The van der Waals surface area contributed by atoms with E-state index in [-0.39, 0.29) is 5.92 Å². The molecule has 1 saturated heterocycles. The standard InChI is InChI=1S/C22H28N2O/c1-23-12-9-16-10-13-24(14-11-16)22(25)21-15-20(21)19-8-4-6-17-5-2-3-7-18(17)19/h2-8,16,20-21,23H,9-15H2,1H3. The summed E-state index contributed by atoms with van der Waals surface area (Å²) in [6.45, 7) is 2.99. The molecular weight excluding hydrogens is 308 g/mol. The average molecular weight is 336 g/mol. The smallest absolute Gasteiger partial charge is 0.226 e. The highest BCUT2D eigenvalue weighted by Gasteiger charge is 2.46. The third-order valence-corrected chi connectivity index (χ3v) is 6.06. The minimum Gasteiger partial charge on any atom is -0.342 e. The molecule has 2 aliphatic rings. The normalized spacial score (nSPS) is 23.8. The summed E-state index contributed by atoms with van der Waals surface area (Å²) in [5, 5.41) is 5.83. The number of fused-ring (bicyclic) bond motifs is 1. The summed E-state index contributed by atoms with van der Waals surface area (Å²) in [7, 11) is 2.01. The third kappa shape index (κ3) is 3.43. The number of amides is 1. The second-order valence-electron chi connectivity index (χ2n) is 7.68. The van der Waals surface area contributed by atoms with Gasteiger partial charge in [-0.05, 0) is 67.4 Å². The molecule has 1 amide bonds. The van der Waals surface area contributed by atoms with Gasteiger partial charge >= 0.3 is 0 Å². The van der Waals surface area contributed by atoms with Crippen molar-refractivity contribution in [3.05, 3.63) is 48.0 Å². The van der Waals surface area contributed by atoms with E-state index < -0.39 is 0 Å². The van der Waals surface area contributed by atoms with Crippen molar-refractivity contribution in [3.63, 3.8) is 0 Å². The van der Waals surface area contributed by atoms with E-state index in [4.69, 9.17) is 0 Å². The first-order valence-corrected chi connectivity index (χ1v) is 9.69. The van der Waals surface area contributed by atoms with Crippen LogP contribution in [0.2, 0.25) is 0 Å². The third-order valence-electron chi connectivity index (χ3n) is 6.06. The van der Waals surface area contributed by atoms with Gasteiger partial charge in [0, 0.05) is 19.0 Å². The molecule has 2 aromatic carbocycles. The van der Waals surface area contributed by atoms with Crippen LogP contribution >= 0.6 is 0 Å². The predicted octanol–water partition coefficient (Wildman–Crippen LogP) is 3.79. The van der Waals surface area contributed by atoms with E-state index in [1.807, 2.05) is 7.05 Å². The number of hydrogen-bond donors (Lipinski definition) is 1. The number of piperidine rings is 1. The fourth-order valence-electron chi connectivity index (χ4n) is 4.41. The Morgan fingerprint density at radius 1 is 1.12 bits per heavy atom. The van der Waals surface area contributed by atoms with Gasteiger partial charge in [0.1, 0.15) is 0 Å². The fourth-order valence-corrected chi connectivity index (χ4v) is 4.41. The molecule has 1 heterocycles. The van der Waals surface area contributed by atoms with E-state index in [0.29, 0.717) is 11.8 Å². The van der Waals surface area contributed by atoms with Crippen LogP contribution in [0.5, 0.6) is 0 Å². The maximum Gasteiger partial charge on any atom is 0.226 e. The highest BCUT2D eigenvalue weighted by Crippen LogP contribution is 2.50. The van der Waals surface area contributed by atoms with Crippen molar-refractivity contribution in [2.45, 2.75) is 31.6 Å². The summed E-state index contributed by atoms with van der Waals surface area (Å²) >= 11 is 0. The van der Waals surface area contributed by atoms with Gasteiger partial charge in [-0.25, -0.2) is 0 Å². The molecular formula is C22H28N2O. The summed E-state index contributed by atoms with van der Waals surface area (Å²) in [5.74, 6) is 1.80. The van der Waals surface area contributed by atoms with Gasteiger partial charge in [0.15, 0.2) is 0 Å². The predicted molar refractivity (Wildman–Crippen MR) is 103 cm³/mol. The van der Waals surface area contributed by atoms with Crippen LogP contribution in [0.4, 0.5) is 0 Å². The van der Waals surface area contributed by atoms with Crippen molar-refractivity contribution < 1.29 is 4.79 Å². The lowest BCUT2D eigenvalue weighted by molar-refractivity contribution is -0.134. The van der Waals surface area contributed by atoms with Crippen LogP contribution in [-0.2, 0) is 4.79 Å². The summed E-state index contributed by atoms with van der Waals surface area (Å²) < 4.78 is 0. The number of rotatable bonds is 5. The maximum atomic E-state index is 12.9. The van der Waals surface area contributed by atoms with Crippen LogP contribution in [-0.4, -0.2) is 37.5 Å². The molecule has 2 unspecified atom stereocenters. The summed E-state index contributed by atoms with van der Waals surface area (Å²) in [6.07, 6.45) is 4.59. The SMILES string of the molecule is CNCCC1CCN(C(=O)C2CC2c2cccc3ccccc23)CC1. The van der Waals surface area contributed by atoms with Crippen LogP contribution in [0.15, 0.2) is 42.5 Å². The number of nitrogens with one attached hydrogen (secondary N) is 1. The van der Waals surface area contributed by atoms with E-state index in [1.54, 1.807) is 0 Å². The molecule has 4 rings (SSSR count). The van der Waals surface area contributed by atoms with Crippen LogP contribution in [0, 0.1) is 11.8 Å². The largest absolute Gasteiger partial charge is 0.342 e. The van der Waals surface area contributed by atoms with Gasteiger partial charge in [0.2, 0.25) is 5.91 Å². The molecule has 132 valence electrons. The van der Waals surface area contributed by atoms with Gasteiger partial charge in [-0.15, -0.1) is 0 Å². The van der Waals surface area contributed by atoms with Crippen LogP contribution in [0.25, 0.3) is 10.8 Å². The minimum atomic E-state index is 0.208. The number of carbonyl (C=O) groups is 1. The van der Waals surface area contributed by atoms with Gasteiger partial charge in [0.25, 0.3) is 0 Å². The molecule has 0 radical (unpaired) electrons. The number of nitrogens with zero attached hydrogens (tertiary/aromatic N) is 1. The van der Waals surface area contributed by atoms with Crippen LogP contribution in [0.3, 0.4) is 0 Å². The highest BCUT2D eigenvalue weighted by atomic mass is 16.2. The first-order chi connectivity index (χ1) is 12.3. The Bertz CT molecular complexity index is 743. The fraction of sp³-hybridized carbons (Fsp3) is 0.500. The molecule has 0 bridgehead atoms. The molecule has 25 heavy (non-hydrogen) atoms. The molecule has 3 heteroatoms. The van der Waals surface area contributed by atoms with E-state index in [2.05, 4.69) is 52.7 Å². The van der Waals surface area contributed by atoms with Gasteiger partial charge < -0.3 is 10.2 Å². The van der Waals surface area contributed by atoms with Crippen molar-refractivity contribution in [2.24, 2.45) is 11.8 Å². The quantitative estimate of drug-likeness (QED) is 0.901. The molecule has 1 aliphatic carbocycles. The summed E-state index contributed by atoms with van der Waals surface area (Å²) in [4.78, 5) is 15.0. The van der Waals surface area contributed by atoms with Crippen molar-refractivity contribution >= 4 is 16.7 Å². The summed E-state index contributed by atoms with van der Waals surface area (Å²) in [6, 6.07) is 15.0. The topological polar surface area (TPSA) is 32.3 Å². The van der Waals surface area contributed by atoms with Crippen molar-refractivity contribution in [3.8, 4) is 0 Å². The molecule has 0 spiro atoms. The van der Waals surface area contributed by atoms with Crippen molar-refractivity contribution in [1.29, 1.82) is 0 Å². The molecule has 1 aliphatic heterocycles.